The number of hydrogen-bond donors (Lipinski definition) is 1. The van der Waals surface area contributed by atoms with Crippen LogP contribution in [0.15, 0.2) is 24.3 Å². The number of unbranched alkanes of at least 4 members (excludes halogenated alkanes) is 18. The summed E-state index contributed by atoms with van der Waals surface area (Å²) in [6.07, 6.45) is 26.7. The van der Waals surface area contributed by atoms with Gasteiger partial charge in [0.25, 0.3) is 0 Å². The molecule has 0 fully saturated rings. The first kappa shape index (κ1) is 28.0. The molecule has 178 valence electrons. The lowest BCUT2D eigenvalue weighted by Crippen LogP contribution is -2.10. The molecule has 0 aromatic heterocycles. The normalized spacial score (nSPS) is 11.0. The van der Waals surface area contributed by atoms with Crippen LogP contribution in [0.1, 0.15) is 135 Å². The molecule has 0 spiro atoms. The van der Waals surface area contributed by atoms with E-state index in [1.807, 2.05) is 12.1 Å². The van der Waals surface area contributed by atoms with E-state index >= 15 is 0 Å². The van der Waals surface area contributed by atoms with Crippen molar-refractivity contribution in [2.45, 2.75) is 135 Å². The first-order chi connectivity index (χ1) is 15.2. The minimum atomic E-state index is 0.106. The Hall–Kier alpha value is -1.02. The predicted octanol–water partition coefficient (Wildman–Crippen LogP) is 10.1. The van der Waals surface area contributed by atoms with E-state index in [2.05, 4.69) is 12.2 Å². The topological polar surface area (TPSA) is 29.1 Å². The van der Waals surface area contributed by atoms with Crippen molar-refractivity contribution < 1.29 is 4.79 Å². The number of benzene rings is 1. The van der Waals surface area contributed by atoms with E-state index in [1.54, 1.807) is 12.1 Å². The lowest BCUT2D eigenvalue weighted by Gasteiger charge is -2.06. The molecule has 0 atom stereocenters. The zero-order chi connectivity index (χ0) is 22.4. The molecule has 0 heterocycles. The van der Waals surface area contributed by atoms with Gasteiger partial charge < -0.3 is 5.32 Å². The van der Waals surface area contributed by atoms with Gasteiger partial charge in [-0.05, 0) is 30.7 Å². The maximum atomic E-state index is 11.9. The van der Waals surface area contributed by atoms with Crippen molar-refractivity contribution in [3.8, 4) is 0 Å². The van der Waals surface area contributed by atoms with Crippen molar-refractivity contribution in [2.75, 3.05) is 5.32 Å². The highest BCUT2D eigenvalue weighted by Crippen LogP contribution is 2.16. The first-order valence-corrected chi connectivity index (χ1v) is 13.7. The van der Waals surface area contributed by atoms with E-state index in [0.29, 0.717) is 11.4 Å². The van der Waals surface area contributed by atoms with Gasteiger partial charge in [-0.15, -0.1) is 0 Å². The molecule has 0 aliphatic rings. The molecular weight excluding hydrogens is 402 g/mol. The van der Waals surface area contributed by atoms with Crippen LogP contribution in [0.5, 0.6) is 0 Å². The van der Waals surface area contributed by atoms with Gasteiger partial charge in [0.05, 0.1) is 0 Å². The lowest BCUT2D eigenvalue weighted by atomic mass is 10.0. The van der Waals surface area contributed by atoms with Crippen LogP contribution in [0.3, 0.4) is 0 Å². The van der Waals surface area contributed by atoms with Crippen LogP contribution >= 0.6 is 11.6 Å². The number of amides is 1. The molecule has 0 aliphatic heterocycles. The second-order valence-electron chi connectivity index (χ2n) is 9.17. The summed E-state index contributed by atoms with van der Waals surface area (Å²) in [5.74, 6) is 0.106. The molecule has 1 rings (SSSR count). The lowest BCUT2D eigenvalue weighted by molar-refractivity contribution is -0.116. The maximum absolute atomic E-state index is 11.9. The van der Waals surface area contributed by atoms with Gasteiger partial charge in [0.15, 0.2) is 0 Å². The standard InChI is InChI=1S/C28H48ClNO/c1-2-3-4-5-6-7-8-9-10-11-12-13-14-15-16-17-18-19-20-21-28(31)30-27-24-22-26(29)23-25-27/h22-25H,2-21H2,1H3,(H,30,31). The number of nitrogens with one attached hydrogen (secondary N) is 1. The largest absolute Gasteiger partial charge is 0.326 e. The van der Waals surface area contributed by atoms with Gasteiger partial charge in [-0.2, -0.15) is 0 Å². The van der Waals surface area contributed by atoms with E-state index in [-0.39, 0.29) is 5.91 Å². The highest BCUT2D eigenvalue weighted by atomic mass is 35.5. The Morgan fingerprint density at radius 1 is 0.613 bits per heavy atom. The molecule has 3 heteroatoms. The first-order valence-electron chi connectivity index (χ1n) is 13.3. The Morgan fingerprint density at radius 2 is 0.968 bits per heavy atom. The molecule has 0 bridgehead atoms. The molecule has 1 N–H and O–H groups in total. The van der Waals surface area contributed by atoms with Crippen molar-refractivity contribution in [1.29, 1.82) is 0 Å². The average Bonchev–Trinajstić information content (AvgIpc) is 2.77. The molecule has 0 unspecified atom stereocenters. The zero-order valence-electron chi connectivity index (χ0n) is 20.2. The van der Waals surface area contributed by atoms with Crippen LogP contribution in [0.4, 0.5) is 5.69 Å². The highest BCUT2D eigenvalue weighted by Gasteiger charge is 2.02. The van der Waals surface area contributed by atoms with Crippen molar-refractivity contribution in [2.24, 2.45) is 0 Å². The van der Waals surface area contributed by atoms with Crippen LogP contribution in [0.2, 0.25) is 5.02 Å². The van der Waals surface area contributed by atoms with E-state index in [1.165, 1.54) is 109 Å². The Morgan fingerprint density at radius 3 is 1.35 bits per heavy atom. The summed E-state index contributed by atoms with van der Waals surface area (Å²) >= 11 is 5.86. The molecule has 1 amide bonds. The Kier molecular flexibility index (Phi) is 18.8. The third kappa shape index (κ3) is 18.3. The van der Waals surface area contributed by atoms with Gasteiger partial charge in [-0.25, -0.2) is 0 Å². The van der Waals surface area contributed by atoms with Gasteiger partial charge >= 0.3 is 0 Å². The highest BCUT2D eigenvalue weighted by molar-refractivity contribution is 6.30. The fourth-order valence-corrected chi connectivity index (χ4v) is 4.25. The van der Waals surface area contributed by atoms with Crippen LogP contribution < -0.4 is 5.32 Å². The SMILES string of the molecule is CCCCCCCCCCCCCCCCCCCCCC(=O)Nc1ccc(Cl)cc1. The quantitative estimate of drug-likeness (QED) is 0.186. The average molecular weight is 450 g/mol. The van der Waals surface area contributed by atoms with Gasteiger partial charge in [0.1, 0.15) is 0 Å². The zero-order valence-corrected chi connectivity index (χ0v) is 21.0. The van der Waals surface area contributed by atoms with E-state index < -0.39 is 0 Å². The van der Waals surface area contributed by atoms with Crippen molar-refractivity contribution in [1.82, 2.24) is 0 Å². The van der Waals surface area contributed by atoms with Gasteiger partial charge in [0.2, 0.25) is 5.91 Å². The Labute approximate surface area is 197 Å². The van der Waals surface area contributed by atoms with E-state index in [9.17, 15) is 4.79 Å². The maximum Gasteiger partial charge on any atom is 0.224 e. The number of carbonyl (C=O) groups is 1. The molecule has 0 radical (unpaired) electrons. The van der Waals surface area contributed by atoms with Crippen molar-refractivity contribution in [3.05, 3.63) is 29.3 Å². The summed E-state index contributed by atoms with van der Waals surface area (Å²) in [6.45, 7) is 2.29. The number of halogens is 1. The van der Waals surface area contributed by atoms with Gasteiger partial charge in [-0.1, -0.05) is 134 Å². The summed E-state index contributed by atoms with van der Waals surface area (Å²) in [5.41, 5.74) is 0.826. The fraction of sp³-hybridized carbons (Fsp3) is 0.750. The summed E-state index contributed by atoms with van der Waals surface area (Å²) in [4.78, 5) is 11.9. The van der Waals surface area contributed by atoms with Crippen LogP contribution in [0, 0.1) is 0 Å². The second kappa shape index (κ2) is 20.9. The van der Waals surface area contributed by atoms with E-state index in [4.69, 9.17) is 11.6 Å². The Balaban J connectivity index is 1.75. The molecule has 0 saturated heterocycles. The van der Waals surface area contributed by atoms with Crippen molar-refractivity contribution in [3.63, 3.8) is 0 Å². The Bertz CT molecular complexity index is 528. The minimum absolute atomic E-state index is 0.106. The minimum Gasteiger partial charge on any atom is -0.326 e. The molecule has 1 aromatic carbocycles. The van der Waals surface area contributed by atoms with Crippen LogP contribution in [0.25, 0.3) is 0 Å². The third-order valence-electron chi connectivity index (χ3n) is 6.14. The fourth-order valence-electron chi connectivity index (χ4n) is 4.12. The monoisotopic (exact) mass is 449 g/mol. The summed E-state index contributed by atoms with van der Waals surface area (Å²) < 4.78 is 0. The number of hydrogen-bond acceptors (Lipinski definition) is 1. The van der Waals surface area contributed by atoms with Crippen molar-refractivity contribution >= 4 is 23.2 Å². The van der Waals surface area contributed by atoms with Crippen LogP contribution in [-0.2, 0) is 4.79 Å². The summed E-state index contributed by atoms with van der Waals surface area (Å²) in [7, 11) is 0. The second-order valence-corrected chi connectivity index (χ2v) is 9.61. The van der Waals surface area contributed by atoms with Gasteiger partial charge in [0, 0.05) is 17.1 Å². The number of anilines is 1. The number of rotatable bonds is 21. The third-order valence-corrected chi connectivity index (χ3v) is 6.39. The molecular formula is C28H48ClNO. The van der Waals surface area contributed by atoms with Crippen LogP contribution in [-0.4, -0.2) is 5.91 Å². The van der Waals surface area contributed by atoms with Gasteiger partial charge in [-0.3, -0.25) is 4.79 Å². The van der Waals surface area contributed by atoms with E-state index in [0.717, 1.165) is 18.5 Å². The molecule has 0 aliphatic carbocycles. The smallest absolute Gasteiger partial charge is 0.224 e. The molecule has 2 nitrogen and oxygen atoms in total. The molecule has 31 heavy (non-hydrogen) atoms. The number of carbonyl (C=O) groups excluding carboxylic acids is 1. The molecule has 0 saturated carbocycles. The summed E-state index contributed by atoms with van der Waals surface area (Å²) in [5, 5.41) is 3.62. The molecule has 1 aromatic rings. The summed E-state index contributed by atoms with van der Waals surface area (Å²) in [6, 6.07) is 7.29. The predicted molar refractivity (Wildman–Crippen MR) is 138 cm³/mol.